The maximum Gasteiger partial charge on any atom is 0.429 e. The van der Waals surface area contributed by atoms with E-state index in [0.29, 0.717) is 19.3 Å². The van der Waals surface area contributed by atoms with E-state index in [0.717, 1.165) is 5.56 Å². The predicted molar refractivity (Wildman–Crippen MR) is 102 cm³/mol. The molecule has 7 heteroatoms. The van der Waals surface area contributed by atoms with Crippen LogP contribution in [-0.2, 0) is 14.9 Å². The van der Waals surface area contributed by atoms with Gasteiger partial charge < -0.3 is 9.47 Å². The fourth-order valence-electron chi connectivity index (χ4n) is 4.15. The highest BCUT2D eigenvalue weighted by molar-refractivity contribution is 5.76. The summed E-state index contributed by atoms with van der Waals surface area (Å²) < 4.78 is 24.4. The van der Waals surface area contributed by atoms with Gasteiger partial charge in [-0.25, -0.2) is 24.4 Å². The average molecular weight is 392 g/mol. The molecule has 154 valence electrons. The molecular formula is C21H29FN2O4. The van der Waals surface area contributed by atoms with Gasteiger partial charge in [0.1, 0.15) is 17.0 Å². The zero-order valence-electron chi connectivity index (χ0n) is 17.4. The van der Waals surface area contributed by atoms with Crippen LogP contribution >= 0.6 is 0 Å². The van der Waals surface area contributed by atoms with Crippen molar-refractivity contribution in [1.82, 2.24) is 10.4 Å². The number of amides is 2. The van der Waals surface area contributed by atoms with Crippen molar-refractivity contribution in [3.8, 4) is 0 Å². The first-order valence-electron chi connectivity index (χ1n) is 9.53. The number of nitrogens with zero attached hydrogens (tertiary/aromatic N) is 1. The average Bonchev–Trinajstić information content (AvgIpc) is 2.39. The van der Waals surface area contributed by atoms with Crippen LogP contribution in [0.2, 0.25) is 0 Å². The molecule has 3 fully saturated rings. The fraction of sp³-hybridized carbons (Fsp3) is 0.619. The number of benzene rings is 1. The van der Waals surface area contributed by atoms with Crippen molar-refractivity contribution in [1.29, 1.82) is 0 Å². The number of hydrogen-bond donors (Lipinski definition) is 1. The largest absolute Gasteiger partial charge is 0.443 e. The lowest BCUT2D eigenvalue weighted by molar-refractivity contribution is -0.177. The van der Waals surface area contributed by atoms with Crippen molar-refractivity contribution in [2.75, 3.05) is 0 Å². The van der Waals surface area contributed by atoms with Crippen LogP contribution in [0.5, 0.6) is 0 Å². The zero-order chi connectivity index (χ0) is 21.0. The van der Waals surface area contributed by atoms with Crippen molar-refractivity contribution < 1.29 is 23.5 Å². The molecule has 0 radical (unpaired) electrons. The quantitative estimate of drug-likeness (QED) is 0.742. The Morgan fingerprint density at radius 3 is 2.11 bits per heavy atom. The van der Waals surface area contributed by atoms with E-state index in [1.54, 1.807) is 53.7 Å². The third-order valence-electron chi connectivity index (χ3n) is 5.09. The van der Waals surface area contributed by atoms with Crippen LogP contribution in [-0.4, -0.2) is 33.9 Å². The molecule has 0 aromatic heterocycles. The summed E-state index contributed by atoms with van der Waals surface area (Å²) in [6, 6.07) is 6.57. The molecule has 3 aliphatic carbocycles. The number of rotatable bonds is 2. The third kappa shape index (κ3) is 3.93. The Bertz CT molecular complexity index is 775. The molecule has 1 aromatic rings. The van der Waals surface area contributed by atoms with Crippen LogP contribution in [0.1, 0.15) is 66.4 Å². The molecule has 0 unspecified atom stereocenters. The summed E-state index contributed by atoms with van der Waals surface area (Å²) in [5.41, 5.74) is 1.43. The van der Waals surface area contributed by atoms with Crippen LogP contribution in [0.3, 0.4) is 0 Å². The van der Waals surface area contributed by atoms with E-state index in [2.05, 4.69) is 5.43 Å². The summed E-state index contributed by atoms with van der Waals surface area (Å²) >= 11 is 0. The molecule has 2 bridgehead atoms. The Balaban J connectivity index is 1.76. The van der Waals surface area contributed by atoms with Gasteiger partial charge in [-0.15, -0.1) is 0 Å². The fourth-order valence-corrected chi connectivity index (χ4v) is 4.15. The highest BCUT2D eigenvalue weighted by Gasteiger charge is 2.73. The highest BCUT2D eigenvalue weighted by Crippen LogP contribution is 2.70. The minimum Gasteiger partial charge on any atom is -0.443 e. The first-order chi connectivity index (χ1) is 12.7. The number of carbonyl (C=O) groups is 2. The van der Waals surface area contributed by atoms with E-state index in [4.69, 9.17) is 9.47 Å². The molecule has 0 aliphatic heterocycles. The molecule has 3 aliphatic rings. The van der Waals surface area contributed by atoms with Crippen LogP contribution in [0, 0.1) is 5.82 Å². The van der Waals surface area contributed by atoms with E-state index in [1.807, 2.05) is 6.07 Å². The molecule has 0 spiro atoms. The smallest absolute Gasteiger partial charge is 0.429 e. The minimum absolute atomic E-state index is 0.155. The van der Waals surface area contributed by atoms with Gasteiger partial charge >= 0.3 is 12.2 Å². The Morgan fingerprint density at radius 1 is 1.04 bits per heavy atom. The summed E-state index contributed by atoms with van der Waals surface area (Å²) in [7, 11) is 0. The van der Waals surface area contributed by atoms with E-state index in [1.165, 1.54) is 11.1 Å². The van der Waals surface area contributed by atoms with Crippen LogP contribution in [0.25, 0.3) is 0 Å². The lowest BCUT2D eigenvalue weighted by atomic mass is 9.37. The van der Waals surface area contributed by atoms with Crippen LogP contribution < -0.4 is 5.43 Å². The highest BCUT2D eigenvalue weighted by atomic mass is 19.1. The normalized spacial score (nSPS) is 25.8. The maximum atomic E-state index is 13.6. The maximum absolute atomic E-state index is 13.6. The molecule has 2 amide bonds. The van der Waals surface area contributed by atoms with Gasteiger partial charge in [0.2, 0.25) is 0 Å². The molecule has 0 atom stereocenters. The molecule has 1 N–H and O–H groups in total. The van der Waals surface area contributed by atoms with Crippen molar-refractivity contribution in [3.05, 3.63) is 35.6 Å². The summed E-state index contributed by atoms with van der Waals surface area (Å²) in [5.74, 6) is -0.271. The lowest BCUT2D eigenvalue weighted by Gasteiger charge is -2.72. The molecule has 0 saturated heterocycles. The molecular weight excluding hydrogens is 363 g/mol. The Morgan fingerprint density at radius 2 is 1.61 bits per heavy atom. The Kier molecular flexibility index (Phi) is 4.64. The van der Waals surface area contributed by atoms with E-state index < -0.39 is 28.9 Å². The second kappa shape index (κ2) is 6.36. The Hall–Kier alpha value is -2.31. The zero-order valence-corrected chi connectivity index (χ0v) is 17.4. The molecule has 0 heterocycles. The van der Waals surface area contributed by atoms with Gasteiger partial charge in [0.15, 0.2) is 0 Å². The van der Waals surface area contributed by atoms with Gasteiger partial charge in [-0.05, 0) is 78.5 Å². The second-order valence-corrected chi connectivity index (χ2v) is 9.97. The number of carbonyl (C=O) groups excluding carboxylic acids is 2. The Labute approximate surface area is 165 Å². The van der Waals surface area contributed by atoms with Gasteiger partial charge in [-0.2, -0.15) is 0 Å². The summed E-state index contributed by atoms with van der Waals surface area (Å²) in [4.78, 5) is 25.1. The summed E-state index contributed by atoms with van der Waals surface area (Å²) in [5, 5.41) is 1.27. The molecule has 6 nitrogen and oxygen atoms in total. The van der Waals surface area contributed by atoms with Gasteiger partial charge in [-0.3, -0.25) is 0 Å². The second-order valence-electron chi connectivity index (χ2n) is 9.97. The standard InChI is InChI=1S/C21H29FN2O4/c1-18(2,3)27-16(25)23-24(17(26)28-19(4,5)6)21-11-20(12-21,13-21)14-8-7-9-15(22)10-14/h7-10H,11-13H2,1-6H3,(H,23,25). The predicted octanol–water partition coefficient (Wildman–Crippen LogP) is 4.68. The van der Waals surface area contributed by atoms with Gasteiger partial charge in [0.25, 0.3) is 0 Å². The van der Waals surface area contributed by atoms with Gasteiger partial charge in [0.05, 0.1) is 5.54 Å². The molecule has 1 aromatic carbocycles. The molecule has 4 rings (SSSR count). The van der Waals surface area contributed by atoms with Crippen molar-refractivity contribution in [3.63, 3.8) is 0 Å². The number of ether oxygens (including phenoxy) is 2. The van der Waals surface area contributed by atoms with Crippen molar-refractivity contribution in [2.45, 2.75) is 83.0 Å². The van der Waals surface area contributed by atoms with Crippen LogP contribution in [0.15, 0.2) is 24.3 Å². The van der Waals surface area contributed by atoms with Crippen molar-refractivity contribution >= 4 is 12.2 Å². The molecule has 3 saturated carbocycles. The van der Waals surface area contributed by atoms with Gasteiger partial charge in [-0.1, -0.05) is 12.1 Å². The molecule has 28 heavy (non-hydrogen) atoms. The SMILES string of the molecule is CC(C)(C)OC(=O)NN(C(=O)OC(C)(C)C)C12CC(c3cccc(F)c3)(C1)C2. The lowest BCUT2D eigenvalue weighted by Crippen LogP contribution is -2.80. The number of hydrazine groups is 1. The van der Waals surface area contributed by atoms with Crippen LogP contribution in [0.4, 0.5) is 14.0 Å². The van der Waals surface area contributed by atoms with Crippen molar-refractivity contribution in [2.24, 2.45) is 0 Å². The van der Waals surface area contributed by atoms with Gasteiger partial charge in [0, 0.05) is 5.41 Å². The van der Waals surface area contributed by atoms with E-state index >= 15 is 0 Å². The van der Waals surface area contributed by atoms with E-state index in [-0.39, 0.29) is 11.2 Å². The topological polar surface area (TPSA) is 67.9 Å². The summed E-state index contributed by atoms with van der Waals surface area (Å²) in [6.07, 6.45) is 0.587. The number of nitrogens with one attached hydrogen (secondary N) is 1. The number of halogens is 1. The first kappa shape index (κ1) is 20.4. The third-order valence-corrected chi connectivity index (χ3v) is 5.09. The summed E-state index contributed by atoms with van der Waals surface area (Å²) in [6.45, 7) is 10.6. The minimum atomic E-state index is -0.706. The first-order valence-corrected chi connectivity index (χ1v) is 9.53. The van der Waals surface area contributed by atoms with E-state index in [9.17, 15) is 14.0 Å². The monoisotopic (exact) mass is 392 g/mol. The number of hydrogen-bond acceptors (Lipinski definition) is 4.